The number of piperazine rings is 1. The van der Waals surface area contributed by atoms with Gasteiger partial charge >= 0.3 is 0 Å². The zero-order chi connectivity index (χ0) is 13.9. The molecule has 1 atom stereocenters. The van der Waals surface area contributed by atoms with E-state index in [0.717, 1.165) is 18.2 Å². The van der Waals surface area contributed by atoms with E-state index in [2.05, 4.69) is 15.7 Å². The number of carbonyl (C=O) groups excluding carboxylic acids is 1. The van der Waals surface area contributed by atoms with Gasteiger partial charge in [0.1, 0.15) is 5.82 Å². The van der Waals surface area contributed by atoms with E-state index < -0.39 is 0 Å². The van der Waals surface area contributed by atoms with Gasteiger partial charge in [0.05, 0.1) is 6.04 Å². The Kier molecular flexibility index (Phi) is 4.00. The fraction of sp³-hybridized carbons (Fsp3) is 0.786. The van der Waals surface area contributed by atoms with Crippen LogP contribution in [-0.2, 0) is 18.3 Å². The van der Waals surface area contributed by atoms with E-state index in [1.807, 2.05) is 11.7 Å². The minimum atomic E-state index is -0.175. The summed E-state index contributed by atoms with van der Waals surface area (Å²) in [5, 5.41) is 10.7. The van der Waals surface area contributed by atoms with Crippen molar-refractivity contribution < 1.29 is 4.79 Å². The second-order valence-electron chi connectivity index (χ2n) is 5.85. The summed E-state index contributed by atoms with van der Waals surface area (Å²) in [7, 11) is 1.93. The molecule has 1 saturated heterocycles. The summed E-state index contributed by atoms with van der Waals surface area (Å²) in [5.41, 5.74) is 0. The first-order valence-electron chi connectivity index (χ1n) is 7.65. The molecule has 0 spiro atoms. The minimum Gasteiger partial charge on any atom is -0.353 e. The van der Waals surface area contributed by atoms with Crippen LogP contribution in [0.3, 0.4) is 0 Å². The van der Waals surface area contributed by atoms with Crippen molar-refractivity contribution in [2.45, 2.75) is 50.5 Å². The summed E-state index contributed by atoms with van der Waals surface area (Å²) >= 11 is 0. The molecule has 1 aliphatic heterocycles. The summed E-state index contributed by atoms with van der Waals surface area (Å²) in [6.07, 6.45) is 6.91. The number of aromatic nitrogens is 3. The van der Waals surface area contributed by atoms with Gasteiger partial charge in [0.25, 0.3) is 0 Å². The van der Waals surface area contributed by atoms with Gasteiger partial charge in [0.15, 0.2) is 5.82 Å². The Morgan fingerprint density at radius 2 is 2.05 bits per heavy atom. The molecule has 0 aromatic carbocycles. The molecular weight excluding hydrogens is 254 g/mol. The quantitative estimate of drug-likeness (QED) is 0.843. The molecular formula is C14H23N5O. The van der Waals surface area contributed by atoms with Crippen LogP contribution < -0.4 is 10.6 Å². The Morgan fingerprint density at radius 3 is 2.80 bits per heavy atom. The van der Waals surface area contributed by atoms with Crippen LogP contribution in [0, 0.1) is 0 Å². The van der Waals surface area contributed by atoms with Crippen molar-refractivity contribution in [3.05, 3.63) is 11.6 Å². The fourth-order valence-electron chi connectivity index (χ4n) is 3.15. The normalized spacial score (nSPS) is 24.6. The van der Waals surface area contributed by atoms with Crippen molar-refractivity contribution >= 4 is 5.91 Å². The van der Waals surface area contributed by atoms with E-state index in [4.69, 9.17) is 4.98 Å². The molecule has 110 valence electrons. The smallest absolute Gasteiger partial charge is 0.237 e. The zero-order valence-electron chi connectivity index (χ0n) is 12.1. The highest BCUT2D eigenvalue weighted by molar-refractivity contribution is 5.82. The molecule has 0 radical (unpaired) electrons. The largest absolute Gasteiger partial charge is 0.353 e. The van der Waals surface area contributed by atoms with E-state index in [1.54, 1.807) is 0 Å². The summed E-state index contributed by atoms with van der Waals surface area (Å²) in [6.45, 7) is 1.53. The average molecular weight is 277 g/mol. The maximum atomic E-state index is 11.8. The van der Waals surface area contributed by atoms with E-state index in [9.17, 15) is 4.79 Å². The predicted octanol–water partition coefficient (Wildman–Crippen LogP) is 0.493. The van der Waals surface area contributed by atoms with Crippen LogP contribution in [0.5, 0.6) is 0 Å². The first kappa shape index (κ1) is 13.5. The number of nitrogens with one attached hydrogen (secondary N) is 2. The van der Waals surface area contributed by atoms with Crippen molar-refractivity contribution in [3.63, 3.8) is 0 Å². The second kappa shape index (κ2) is 5.91. The molecule has 2 aliphatic rings. The van der Waals surface area contributed by atoms with Crippen LogP contribution >= 0.6 is 0 Å². The van der Waals surface area contributed by atoms with Crippen LogP contribution in [0.1, 0.15) is 49.7 Å². The number of rotatable bonds is 3. The maximum Gasteiger partial charge on any atom is 0.237 e. The molecule has 3 rings (SSSR count). The Balaban J connectivity index is 1.70. The van der Waals surface area contributed by atoms with Crippen LogP contribution in [0.2, 0.25) is 0 Å². The average Bonchev–Trinajstić information content (AvgIpc) is 2.84. The topological polar surface area (TPSA) is 71.8 Å². The molecule has 2 heterocycles. The van der Waals surface area contributed by atoms with Gasteiger partial charge in [-0.25, -0.2) is 4.98 Å². The van der Waals surface area contributed by atoms with Crippen LogP contribution in [0.25, 0.3) is 0 Å². The third kappa shape index (κ3) is 2.85. The number of carbonyl (C=O) groups is 1. The molecule has 6 heteroatoms. The Morgan fingerprint density at radius 1 is 1.25 bits per heavy atom. The van der Waals surface area contributed by atoms with Gasteiger partial charge in [-0.2, -0.15) is 5.10 Å². The summed E-state index contributed by atoms with van der Waals surface area (Å²) in [6, 6.07) is -0.175. The van der Waals surface area contributed by atoms with Gasteiger partial charge in [-0.3, -0.25) is 9.48 Å². The molecule has 1 aliphatic carbocycles. The lowest BCUT2D eigenvalue weighted by molar-refractivity contribution is -0.124. The predicted molar refractivity (Wildman–Crippen MR) is 75.3 cm³/mol. The molecule has 6 nitrogen and oxygen atoms in total. The molecule has 1 aromatic rings. The minimum absolute atomic E-state index is 0.0680. The number of aryl methyl sites for hydroxylation is 1. The third-order valence-electron chi connectivity index (χ3n) is 4.36. The molecule has 20 heavy (non-hydrogen) atoms. The Hall–Kier alpha value is -1.43. The fourth-order valence-corrected chi connectivity index (χ4v) is 3.15. The van der Waals surface area contributed by atoms with E-state index in [0.29, 0.717) is 18.9 Å². The molecule has 2 fully saturated rings. The molecule has 1 saturated carbocycles. The summed E-state index contributed by atoms with van der Waals surface area (Å²) in [5.74, 6) is 2.45. The highest BCUT2D eigenvalue weighted by atomic mass is 16.2. The summed E-state index contributed by atoms with van der Waals surface area (Å²) < 4.78 is 1.84. The first-order valence-corrected chi connectivity index (χ1v) is 7.65. The third-order valence-corrected chi connectivity index (χ3v) is 4.36. The van der Waals surface area contributed by atoms with Crippen LogP contribution in [0.4, 0.5) is 0 Å². The van der Waals surface area contributed by atoms with Gasteiger partial charge in [0, 0.05) is 32.5 Å². The highest BCUT2D eigenvalue weighted by Crippen LogP contribution is 2.30. The standard InChI is InChI=1S/C14H23N5O/c1-19-12(9-11-14(20)16-8-7-15-11)17-13(18-19)10-5-3-2-4-6-10/h10-11,15H,2-9H2,1H3,(H,16,20). The van der Waals surface area contributed by atoms with Crippen molar-refractivity contribution in [2.75, 3.05) is 13.1 Å². The molecule has 2 N–H and O–H groups in total. The molecule has 1 unspecified atom stereocenters. The van der Waals surface area contributed by atoms with Crippen LogP contribution in [0.15, 0.2) is 0 Å². The Bertz CT molecular complexity index is 478. The number of hydrogen-bond donors (Lipinski definition) is 2. The van der Waals surface area contributed by atoms with Crippen LogP contribution in [-0.4, -0.2) is 39.8 Å². The molecule has 1 aromatic heterocycles. The zero-order valence-corrected chi connectivity index (χ0v) is 12.1. The van der Waals surface area contributed by atoms with E-state index >= 15 is 0 Å². The van der Waals surface area contributed by atoms with E-state index in [-0.39, 0.29) is 11.9 Å². The van der Waals surface area contributed by atoms with Gasteiger partial charge in [-0.15, -0.1) is 0 Å². The van der Waals surface area contributed by atoms with Gasteiger partial charge in [-0.05, 0) is 12.8 Å². The Labute approximate surface area is 119 Å². The monoisotopic (exact) mass is 277 g/mol. The lowest BCUT2D eigenvalue weighted by Gasteiger charge is -2.22. The lowest BCUT2D eigenvalue weighted by atomic mass is 9.89. The molecule has 0 bridgehead atoms. The van der Waals surface area contributed by atoms with E-state index in [1.165, 1.54) is 32.1 Å². The van der Waals surface area contributed by atoms with Crippen molar-refractivity contribution in [3.8, 4) is 0 Å². The second-order valence-corrected chi connectivity index (χ2v) is 5.85. The molecule has 1 amide bonds. The summed E-state index contributed by atoms with van der Waals surface area (Å²) in [4.78, 5) is 16.5. The van der Waals surface area contributed by atoms with Crippen molar-refractivity contribution in [1.29, 1.82) is 0 Å². The number of amides is 1. The highest BCUT2D eigenvalue weighted by Gasteiger charge is 2.25. The van der Waals surface area contributed by atoms with Crippen molar-refractivity contribution in [2.24, 2.45) is 7.05 Å². The SMILES string of the molecule is Cn1nc(C2CCCCC2)nc1CC1NCCNC1=O. The number of nitrogens with zero attached hydrogens (tertiary/aromatic N) is 3. The van der Waals surface area contributed by atoms with Gasteiger partial charge in [-0.1, -0.05) is 19.3 Å². The lowest BCUT2D eigenvalue weighted by Crippen LogP contribution is -2.54. The number of hydrogen-bond acceptors (Lipinski definition) is 4. The van der Waals surface area contributed by atoms with Crippen molar-refractivity contribution in [1.82, 2.24) is 25.4 Å². The van der Waals surface area contributed by atoms with Gasteiger partial charge in [0.2, 0.25) is 5.91 Å². The maximum absolute atomic E-state index is 11.8. The van der Waals surface area contributed by atoms with Gasteiger partial charge < -0.3 is 10.6 Å². The first-order chi connectivity index (χ1) is 9.74.